The predicted molar refractivity (Wildman–Crippen MR) is 126 cm³/mol. The molecule has 1 saturated heterocycles. The van der Waals surface area contributed by atoms with Crippen molar-refractivity contribution in [1.82, 2.24) is 9.29 Å². The van der Waals surface area contributed by atoms with Gasteiger partial charge in [-0.2, -0.15) is 4.31 Å². The molecule has 0 unspecified atom stereocenters. The number of rotatable bonds is 6. The standard InChI is InChI=1S/C19H16Cl2F2N4O3S3/c20-13-8-12(17(21)31-13)33(29,30)27-6-4-9(5-7-27)25-19-26-18(24)16(32-19)15(28)14-10(22)2-1-3-11(14)23/h1-3,8-9H,4-7,24H2,(H,25,26). The lowest BCUT2D eigenvalue weighted by Gasteiger charge is -2.31. The predicted octanol–water partition coefficient (Wildman–Crippen LogP) is 4.87. The highest BCUT2D eigenvalue weighted by atomic mass is 35.5. The average Bonchev–Trinajstić information content (AvgIpc) is 3.29. The van der Waals surface area contributed by atoms with Crippen LogP contribution in [0, 0.1) is 11.6 Å². The van der Waals surface area contributed by atoms with Crippen LogP contribution in [0.25, 0.3) is 0 Å². The first-order valence-corrected chi connectivity index (χ1v) is 13.4. The molecule has 7 nitrogen and oxygen atoms in total. The van der Waals surface area contributed by atoms with E-state index in [-0.39, 0.29) is 43.4 Å². The van der Waals surface area contributed by atoms with E-state index in [4.69, 9.17) is 28.9 Å². The van der Waals surface area contributed by atoms with Gasteiger partial charge in [0.15, 0.2) is 5.13 Å². The topological polar surface area (TPSA) is 105 Å². The second-order valence-corrected chi connectivity index (χ2v) is 12.4. The summed E-state index contributed by atoms with van der Waals surface area (Å²) in [5.74, 6) is -2.99. The van der Waals surface area contributed by atoms with Crippen molar-refractivity contribution in [3.63, 3.8) is 0 Å². The smallest absolute Gasteiger partial charge is 0.245 e. The number of piperidine rings is 1. The lowest BCUT2D eigenvalue weighted by Crippen LogP contribution is -2.42. The van der Waals surface area contributed by atoms with Gasteiger partial charge < -0.3 is 11.1 Å². The van der Waals surface area contributed by atoms with Gasteiger partial charge in [-0.3, -0.25) is 4.79 Å². The summed E-state index contributed by atoms with van der Waals surface area (Å²) in [4.78, 5) is 16.6. The summed E-state index contributed by atoms with van der Waals surface area (Å²) in [7, 11) is -3.77. The zero-order chi connectivity index (χ0) is 23.9. The summed E-state index contributed by atoms with van der Waals surface area (Å²) in [6, 6.07) is 4.34. The maximum Gasteiger partial charge on any atom is 0.245 e. The van der Waals surface area contributed by atoms with E-state index in [0.29, 0.717) is 18.0 Å². The molecule has 33 heavy (non-hydrogen) atoms. The molecule has 4 rings (SSSR count). The number of nitrogens with zero attached hydrogens (tertiary/aromatic N) is 2. The number of nitrogen functional groups attached to an aromatic ring is 1. The lowest BCUT2D eigenvalue weighted by molar-refractivity contribution is 0.103. The number of ketones is 1. The minimum Gasteiger partial charge on any atom is -0.382 e. The Morgan fingerprint density at radius 1 is 1.18 bits per heavy atom. The Kier molecular flexibility index (Phi) is 6.95. The molecule has 3 N–H and O–H groups in total. The van der Waals surface area contributed by atoms with Crippen LogP contribution in [0.3, 0.4) is 0 Å². The van der Waals surface area contributed by atoms with Gasteiger partial charge in [-0.25, -0.2) is 22.2 Å². The van der Waals surface area contributed by atoms with Gasteiger partial charge in [-0.1, -0.05) is 40.6 Å². The van der Waals surface area contributed by atoms with Crippen LogP contribution in [0.4, 0.5) is 19.7 Å². The summed E-state index contributed by atoms with van der Waals surface area (Å²) in [6.45, 7) is 0.466. The van der Waals surface area contributed by atoms with Gasteiger partial charge >= 0.3 is 0 Å². The van der Waals surface area contributed by atoms with E-state index in [1.165, 1.54) is 10.4 Å². The number of carbonyl (C=O) groups is 1. The number of anilines is 2. The number of benzene rings is 1. The Balaban J connectivity index is 1.44. The van der Waals surface area contributed by atoms with E-state index in [1.54, 1.807) is 0 Å². The van der Waals surface area contributed by atoms with Crippen LogP contribution >= 0.6 is 45.9 Å². The van der Waals surface area contributed by atoms with Crippen molar-refractivity contribution in [3.8, 4) is 0 Å². The molecular weight excluding hydrogens is 537 g/mol. The number of carbonyl (C=O) groups excluding carboxylic acids is 1. The Morgan fingerprint density at radius 3 is 2.39 bits per heavy atom. The fraction of sp³-hybridized carbons (Fsp3) is 0.263. The van der Waals surface area contributed by atoms with Gasteiger partial charge in [0.1, 0.15) is 31.6 Å². The van der Waals surface area contributed by atoms with Crippen molar-refractivity contribution in [2.75, 3.05) is 24.1 Å². The third kappa shape index (κ3) is 4.86. The highest BCUT2D eigenvalue weighted by molar-refractivity contribution is 7.89. The molecule has 0 atom stereocenters. The molecule has 0 amide bonds. The van der Waals surface area contributed by atoms with Crippen LogP contribution in [-0.4, -0.2) is 42.6 Å². The SMILES string of the molecule is Nc1nc(NC2CCN(S(=O)(=O)c3cc(Cl)sc3Cl)CC2)sc1C(=O)c1c(F)cccc1F. The Labute approximate surface area is 206 Å². The van der Waals surface area contributed by atoms with Crippen LogP contribution in [0.15, 0.2) is 29.2 Å². The van der Waals surface area contributed by atoms with E-state index in [2.05, 4.69) is 10.3 Å². The number of halogens is 4. The number of nitrogens with two attached hydrogens (primary N) is 1. The zero-order valence-electron chi connectivity index (χ0n) is 16.6. The summed E-state index contributed by atoms with van der Waals surface area (Å²) in [5, 5.41) is 3.43. The Hall–Kier alpha value is -1.83. The van der Waals surface area contributed by atoms with Crippen molar-refractivity contribution in [2.45, 2.75) is 23.8 Å². The van der Waals surface area contributed by atoms with Crippen LogP contribution < -0.4 is 11.1 Å². The fourth-order valence-corrected chi connectivity index (χ4v) is 7.93. The number of thiazole rings is 1. The summed E-state index contributed by atoms with van der Waals surface area (Å²) >= 11 is 13.8. The van der Waals surface area contributed by atoms with E-state index < -0.39 is 33.0 Å². The molecule has 3 heterocycles. The van der Waals surface area contributed by atoms with E-state index in [1.807, 2.05) is 0 Å². The number of hydrogen-bond acceptors (Lipinski definition) is 8. The van der Waals surface area contributed by atoms with Gasteiger partial charge in [-0.15, -0.1) is 11.3 Å². The van der Waals surface area contributed by atoms with Gasteiger partial charge in [0.05, 0.1) is 9.90 Å². The molecule has 0 spiro atoms. The Bertz CT molecular complexity index is 1300. The normalized spacial score (nSPS) is 15.6. The van der Waals surface area contributed by atoms with Crippen molar-refractivity contribution in [3.05, 3.63) is 55.0 Å². The second-order valence-electron chi connectivity index (χ2n) is 7.17. The Morgan fingerprint density at radius 2 is 1.82 bits per heavy atom. The largest absolute Gasteiger partial charge is 0.382 e. The first-order valence-electron chi connectivity index (χ1n) is 9.54. The number of aromatic nitrogens is 1. The third-order valence-electron chi connectivity index (χ3n) is 5.07. The molecule has 0 bridgehead atoms. The van der Waals surface area contributed by atoms with Gasteiger partial charge in [-0.05, 0) is 31.0 Å². The highest BCUT2D eigenvalue weighted by Crippen LogP contribution is 2.37. The van der Waals surface area contributed by atoms with Crippen molar-refractivity contribution in [1.29, 1.82) is 0 Å². The molecule has 0 aliphatic carbocycles. The van der Waals surface area contributed by atoms with Crippen LogP contribution in [0.2, 0.25) is 8.67 Å². The molecule has 0 radical (unpaired) electrons. The number of thiophene rings is 1. The fourth-order valence-electron chi connectivity index (χ4n) is 3.44. The van der Waals surface area contributed by atoms with Crippen LogP contribution in [0.1, 0.15) is 28.1 Å². The maximum absolute atomic E-state index is 14.0. The average molecular weight is 553 g/mol. The number of nitrogens with one attached hydrogen (secondary N) is 1. The number of sulfonamides is 1. The van der Waals surface area contributed by atoms with Gasteiger partial charge in [0.25, 0.3) is 0 Å². The molecule has 1 aromatic carbocycles. The summed E-state index contributed by atoms with van der Waals surface area (Å²) < 4.78 is 55.4. The molecule has 1 aliphatic rings. The quantitative estimate of drug-likeness (QED) is 0.422. The van der Waals surface area contributed by atoms with Crippen molar-refractivity contribution in [2.24, 2.45) is 0 Å². The zero-order valence-corrected chi connectivity index (χ0v) is 20.6. The highest BCUT2D eigenvalue weighted by Gasteiger charge is 2.32. The van der Waals surface area contributed by atoms with Crippen LogP contribution in [-0.2, 0) is 10.0 Å². The first kappa shape index (κ1) is 24.3. The molecule has 0 saturated carbocycles. The molecule has 176 valence electrons. The lowest BCUT2D eigenvalue weighted by atomic mass is 10.1. The summed E-state index contributed by atoms with van der Waals surface area (Å²) in [5.41, 5.74) is 5.14. The molecule has 1 aliphatic heterocycles. The molecule has 1 fully saturated rings. The van der Waals surface area contributed by atoms with E-state index >= 15 is 0 Å². The number of hydrogen-bond donors (Lipinski definition) is 2. The maximum atomic E-state index is 14.0. The van der Waals surface area contributed by atoms with Crippen molar-refractivity contribution < 1.29 is 22.0 Å². The second kappa shape index (κ2) is 9.43. The minimum atomic E-state index is -3.77. The monoisotopic (exact) mass is 552 g/mol. The van der Waals surface area contributed by atoms with E-state index in [0.717, 1.165) is 40.9 Å². The first-order chi connectivity index (χ1) is 15.6. The third-order valence-corrected chi connectivity index (χ3v) is 9.73. The minimum absolute atomic E-state index is 0.0122. The van der Waals surface area contributed by atoms with Crippen molar-refractivity contribution >= 4 is 72.6 Å². The van der Waals surface area contributed by atoms with Gasteiger partial charge in [0, 0.05) is 19.1 Å². The molecular formula is C19H16Cl2F2N4O3S3. The van der Waals surface area contributed by atoms with Gasteiger partial charge in [0.2, 0.25) is 15.8 Å². The van der Waals surface area contributed by atoms with E-state index in [9.17, 15) is 22.0 Å². The molecule has 14 heteroatoms. The van der Waals surface area contributed by atoms with Crippen LogP contribution in [0.5, 0.6) is 0 Å². The molecule has 2 aromatic heterocycles. The molecule has 3 aromatic rings. The summed E-state index contributed by atoms with van der Waals surface area (Å²) in [6.07, 6.45) is 0.916.